The fraction of sp³-hybridized carbons (Fsp3) is 0.0769. The van der Waals surface area contributed by atoms with Gasteiger partial charge in [0.15, 0.2) is 0 Å². The minimum absolute atomic E-state index is 0.0133. The Morgan fingerprint density at radius 1 is 1.19 bits per heavy atom. The summed E-state index contributed by atoms with van der Waals surface area (Å²) in [7, 11) is 0. The maximum Gasteiger partial charge on any atom is 0.265 e. The van der Waals surface area contributed by atoms with Crippen LogP contribution in [-0.2, 0) is 0 Å². The van der Waals surface area contributed by atoms with Crippen molar-refractivity contribution in [1.82, 2.24) is 9.38 Å². The van der Waals surface area contributed by atoms with E-state index < -0.39 is 0 Å². The molecule has 2 heterocycles. The van der Waals surface area contributed by atoms with Gasteiger partial charge in [0.25, 0.3) is 5.56 Å². The molecule has 78 valence electrons. The van der Waals surface area contributed by atoms with E-state index in [9.17, 15) is 4.79 Å². The molecule has 0 radical (unpaired) electrons. The zero-order valence-electron chi connectivity index (χ0n) is 8.84. The van der Waals surface area contributed by atoms with Gasteiger partial charge < -0.3 is 0 Å². The minimum Gasteiger partial charge on any atom is -0.268 e. The van der Waals surface area contributed by atoms with Crippen LogP contribution in [0.25, 0.3) is 16.6 Å². The number of hydrogen-bond acceptors (Lipinski definition) is 2. The largest absolute Gasteiger partial charge is 0.268 e. The maximum absolute atomic E-state index is 12.1. The molecule has 16 heavy (non-hydrogen) atoms. The number of aromatic nitrogens is 2. The Labute approximate surface area is 92.0 Å². The molecule has 3 rings (SSSR count). The number of rotatable bonds is 0. The molecule has 0 fully saturated rings. The molecule has 0 spiro atoms. The third kappa shape index (κ3) is 1.21. The fourth-order valence-corrected chi connectivity index (χ4v) is 1.85. The summed E-state index contributed by atoms with van der Waals surface area (Å²) in [5.41, 5.74) is 2.53. The molecule has 0 bridgehead atoms. The average molecular weight is 210 g/mol. The molecule has 0 N–H and O–H groups in total. The Bertz CT molecular complexity index is 744. The van der Waals surface area contributed by atoms with Crippen molar-refractivity contribution < 1.29 is 0 Å². The van der Waals surface area contributed by atoms with Crippen molar-refractivity contribution in [3.05, 3.63) is 58.5 Å². The zero-order valence-corrected chi connectivity index (χ0v) is 8.84. The lowest BCUT2D eigenvalue weighted by Crippen LogP contribution is -2.14. The summed E-state index contributed by atoms with van der Waals surface area (Å²) in [6.07, 6.45) is 1.77. The smallest absolute Gasteiger partial charge is 0.265 e. The van der Waals surface area contributed by atoms with E-state index in [1.54, 1.807) is 16.7 Å². The van der Waals surface area contributed by atoms with Crippen LogP contribution in [0.1, 0.15) is 5.56 Å². The average Bonchev–Trinajstić information content (AvgIpc) is 2.29. The van der Waals surface area contributed by atoms with Gasteiger partial charge >= 0.3 is 0 Å². The van der Waals surface area contributed by atoms with E-state index in [1.807, 2.05) is 37.3 Å². The van der Waals surface area contributed by atoms with Crippen molar-refractivity contribution in [1.29, 1.82) is 0 Å². The summed E-state index contributed by atoms with van der Waals surface area (Å²) < 4.78 is 1.58. The number of para-hydroxylation sites is 1. The monoisotopic (exact) mass is 210 g/mol. The Balaban J connectivity index is 2.61. The lowest BCUT2D eigenvalue weighted by molar-refractivity contribution is 1.07. The van der Waals surface area contributed by atoms with Gasteiger partial charge in [-0.05, 0) is 36.8 Å². The zero-order chi connectivity index (χ0) is 11.1. The first kappa shape index (κ1) is 9.09. The van der Waals surface area contributed by atoms with Crippen LogP contribution < -0.4 is 5.56 Å². The topological polar surface area (TPSA) is 34.4 Å². The summed E-state index contributed by atoms with van der Waals surface area (Å²) in [6.45, 7) is 1.99. The molecule has 3 aromatic rings. The summed E-state index contributed by atoms with van der Waals surface area (Å²) in [5, 5.41) is 0.656. The van der Waals surface area contributed by atoms with E-state index in [4.69, 9.17) is 0 Å². The number of aryl methyl sites for hydroxylation is 1. The molecule has 0 aliphatic heterocycles. The van der Waals surface area contributed by atoms with Crippen molar-refractivity contribution in [2.45, 2.75) is 6.92 Å². The van der Waals surface area contributed by atoms with Crippen LogP contribution >= 0.6 is 0 Å². The molecule has 2 aromatic heterocycles. The van der Waals surface area contributed by atoms with Crippen LogP contribution in [0.15, 0.2) is 47.4 Å². The molecule has 3 nitrogen and oxygen atoms in total. The summed E-state index contributed by atoms with van der Waals surface area (Å²) in [4.78, 5) is 16.6. The molecule has 0 amide bonds. The second-order valence-electron chi connectivity index (χ2n) is 3.87. The second-order valence-corrected chi connectivity index (χ2v) is 3.87. The van der Waals surface area contributed by atoms with Crippen LogP contribution in [0.5, 0.6) is 0 Å². The van der Waals surface area contributed by atoms with E-state index in [2.05, 4.69) is 4.98 Å². The lowest BCUT2D eigenvalue weighted by atomic mass is 10.2. The van der Waals surface area contributed by atoms with Crippen LogP contribution in [-0.4, -0.2) is 9.38 Å². The second kappa shape index (κ2) is 3.17. The standard InChI is InChI=1S/C13H10N2O/c1-9-6-7-15-12(8-9)14-11-5-3-2-4-10(11)13(15)16/h2-8H,1H3. The summed E-state index contributed by atoms with van der Waals surface area (Å²) >= 11 is 0. The van der Waals surface area contributed by atoms with E-state index in [-0.39, 0.29) is 5.56 Å². The van der Waals surface area contributed by atoms with Gasteiger partial charge in [-0.2, -0.15) is 0 Å². The first-order valence-electron chi connectivity index (χ1n) is 5.13. The highest BCUT2D eigenvalue weighted by atomic mass is 16.1. The number of fused-ring (bicyclic) bond motifs is 2. The van der Waals surface area contributed by atoms with Crippen molar-refractivity contribution in [3.8, 4) is 0 Å². The normalized spacial score (nSPS) is 11.1. The molecule has 0 saturated heterocycles. The van der Waals surface area contributed by atoms with Gasteiger partial charge in [0.1, 0.15) is 5.65 Å². The van der Waals surface area contributed by atoms with Gasteiger partial charge in [0.05, 0.1) is 10.9 Å². The number of benzene rings is 1. The Kier molecular flexibility index (Phi) is 1.80. The SMILES string of the molecule is Cc1ccn2c(=O)c3ccccc3nc2c1. The molecule has 0 atom stereocenters. The molecule has 0 aliphatic rings. The quantitative estimate of drug-likeness (QED) is 0.533. The van der Waals surface area contributed by atoms with Crippen molar-refractivity contribution >= 4 is 16.6 Å². The summed E-state index contributed by atoms with van der Waals surface area (Å²) in [6, 6.07) is 11.2. The number of nitrogens with zero attached hydrogens (tertiary/aromatic N) is 2. The fourth-order valence-electron chi connectivity index (χ4n) is 1.85. The van der Waals surface area contributed by atoms with Crippen LogP contribution in [0.4, 0.5) is 0 Å². The molecular formula is C13H10N2O. The van der Waals surface area contributed by atoms with Gasteiger partial charge in [-0.25, -0.2) is 4.98 Å². The maximum atomic E-state index is 12.1. The van der Waals surface area contributed by atoms with E-state index in [0.29, 0.717) is 11.0 Å². The highest BCUT2D eigenvalue weighted by molar-refractivity contribution is 5.79. The summed E-state index contributed by atoms with van der Waals surface area (Å²) in [5.74, 6) is 0. The third-order valence-electron chi connectivity index (χ3n) is 2.68. The van der Waals surface area contributed by atoms with Crippen LogP contribution in [0.3, 0.4) is 0 Å². The molecule has 0 saturated carbocycles. The number of pyridine rings is 1. The molecule has 3 heteroatoms. The lowest BCUT2D eigenvalue weighted by Gasteiger charge is -2.03. The highest BCUT2D eigenvalue weighted by Gasteiger charge is 2.03. The van der Waals surface area contributed by atoms with Gasteiger partial charge in [0.2, 0.25) is 0 Å². The molecule has 0 unspecified atom stereocenters. The number of hydrogen-bond donors (Lipinski definition) is 0. The van der Waals surface area contributed by atoms with Crippen molar-refractivity contribution in [2.24, 2.45) is 0 Å². The van der Waals surface area contributed by atoms with Gasteiger partial charge in [0, 0.05) is 6.20 Å². The van der Waals surface area contributed by atoms with E-state index in [1.165, 1.54) is 0 Å². The van der Waals surface area contributed by atoms with E-state index in [0.717, 1.165) is 11.1 Å². The first-order chi connectivity index (χ1) is 7.75. The van der Waals surface area contributed by atoms with Crippen molar-refractivity contribution in [3.63, 3.8) is 0 Å². The Morgan fingerprint density at radius 3 is 2.88 bits per heavy atom. The Morgan fingerprint density at radius 2 is 2.00 bits per heavy atom. The predicted molar refractivity (Wildman–Crippen MR) is 63.7 cm³/mol. The predicted octanol–water partition coefficient (Wildman–Crippen LogP) is 2.16. The van der Waals surface area contributed by atoms with Crippen molar-refractivity contribution in [2.75, 3.05) is 0 Å². The minimum atomic E-state index is -0.0133. The first-order valence-corrected chi connectivity index (χ1v) is 5.13. The van der Waals surface area contributed by atoms with Gasteiger partial charge in [-0.1, -0.05) is 12.1 Å². The van der Waals surface area contributed by atoms with Crippen LogP contribution in [0, 0.1) is 6.92 Å². The highest BCUT2D eigenvalue weighted by Crippen LogP contribution is 2.09. The molecule has 1 aromatic carbocycles. The molecular weight excluding hydrogens is 200 g/mol. The van der Waals surface area contributed by atoms with Gasteiger partial charge in [-0.15, -0.1) is 0 Å². The molecule has 0 aliphatic carbocycles. The van der Waals surface area contributed by atoms with Crippen LogP contribution in [0.2, 0.25) is 0 Å². The Hall–Kier alpha value is -2.16. The van der Waals surface area contributed by atoms with Gasteiger partial charge in [-0.3, -0.25) is 9.20 Å². The third-order valence-corrected chi connectivity index (χ3v) is 2.68. The van der Waals surface area contributed by atoms with E-state index >= 15 is 0 Å².